The molecule has 0 saturated carbocycles. The molecule has 1 aromatic carbocycles. The number of aromatic nitrogens is 2. The van der Waals surface area contributed by atoms with Gasteiger partial charge in [0.25, 0.3) is 0 Å². The predicted molar refractivity (Wildman–Crippen MR) is 82.0 cm³/mol. The molecule has 0 spiro atoms. The number of hydrogen-bond acceptors (Lipinski definition) is 2. The Morgan fingerprint density at radius 1 is 1.38 bits per heavy atom. The Balaban J connectivity index is 2.16. The van der Waals surface area contributed by atoms with Gasteiger partial charge < -0.3 is 5.11 Å². The lowest BCUT2D eigenvalue weighted by molar-refractivity contribution is 0.222. The lowest BCUT2D eigenvalue weighted by Gasteiger charge is -2.15. The van der Waals surface area contributed by atoms with E-state index in [2.05, 4.69) is 5.10 Å². The van der Waals surface area contributed by atoms with Crippen molar-refractivity contribution in [2.45, 2.75) is 33.2 Å². The van der Waals surface area contributed by atoms with E-state index < -0.39 is 0 Å². The lowest BCUT2D eigenvalue weighted by Crippen LogP contribution is -2.16. The van der Waals surface area contributed by atoms with Crippen molar-refractivity contribution < 1.29 is 9.50 Å². The van der Waals surface area contributed by atoms with Gasteiger partial charge in [0.15, 0.2) is 0 Å². The van der Waals surface area contributed by atoms with Gasteiger partial charge in [-0.15, -0.1) is 0 Å². The molecule has 1 aromatic heterocycles. The highest BCUT2D eigenvalue weighted by atomic mass is 35.5. The molecule has 1 N–H and O–H groups in total. The standard InChI is InChI=1S/C16H20ClFN2O/c1-3-20-15(16(17)11(2)19-20)9-13(10-21)7-12-5-4-6-14(18)8-12/h4-6,8,13,21H,3,7,9-10H2,1-2H3. The largest absolute Gasteiger partial charge is 0.396 e. The fraction of sp³-hybridized carbons (Fsp3) is 0.438. The van der Waals surface area contributed by atoms with E-state index >= 15 is 0 Å². The molecule has 3 nitrogen and oxygen atoms in total. The number of hydrogen-bond donors (Lipinski definition) is 1. The van der Waals surface area contributed by atoms with Crippen LogP contribution >= 0.6 is 11.6 Å². The Kier molecular flexibility index (Phi) is 5.37. The van der Waals surface area contributed by atoms with Crippen molar-refractivity contribution in [1.29, 1.82) is 0 Å². The summed E-state index contributed by atoms with van der Waals surface area (Å²) in [5.41, 5.74) is 2.62. The van der Waals surface area contributed by atoms with E-state index in [0.29, 0.717) is 17.9 Å². The minimum absolute atomic E-state index is 0.00861. The molecule has 0 amide bonds. The summed E-state index contributed by atoms with van der Waals surface area (Å²) in [5, 5.41) is 14.7. The van der Waals surface area contributed by atoms with E-state index in [1.165, 1.54) is 12.1 Å². The van der Waals surface area contributed by atoms with Crippen LogP contribution in [-0.4, -0.2) is 21.5 Å². The Morgan fingerprint density at radius 3 is 2.76 bits per heavy atom. The van der Waals surface area contributed by atoms with Crippen LogP contribution in [0.25, 0.3) is 0 Å². The average molecular weight is 311 g/mol. The molecule has 1 heterocycles. The number of nitrogens with zero attached hydrogens (tertiary/aromatic N) is 2. The molecule has 0 aliphatic heterocycles. The quantitative estimate of drug-likeness (QED) is 0.888. The molecule has 0 radical (unpaired) electrons. The molecule has 1 atom stereocenters. The summed E-state index contributed by atoms with van der Waals surface area (Å²) < 4.78 is 15.1. The first-order valence-corrected chi connectivity index (χ1v) is 7.50. The van der Waals surface area contributed by atoms with Crippen LogP contribution in [0.3, 0.4) is 0 Å². The molecule has 0 aliphatic carbocycles. The van der Waals surface area contributed by atoms with Crippen LogP contribution in [0.2, 0.25) is 5.02 Å². The number of aliphatic hydroxyl groups excluding tert-OH is 1. The summed E-state index contributed by atoms with van der Waals surface area (Å²) in [5.74, 6) is -0.262. The third-order valence-corrected chi connectivity index (χ3v) is 4.10. The fourth-order valence-corrected chi connectivity index (χ4v) is 2.75. The second kappa shape index (κ2) is 7.05. The van der Waals surface area contributed by atoms with Crippen LogP contribution < -0.4 is 0 Å². The number of rotatable bonds is 6. The van der Waals surface area contributed by atoms with Gasteiger partial charge in [0.05, 0.1) is 16.4 Å². The molecule has 5 heteroatoms. The van der Waals surface area contributed by atoms with Crippen molar-refractivity contribution in [2.24, 2.45) is 5.92 Å². The molecule has 0 saturated heterocycles. The van der Waals surface area contributed by atoms with Gasteiger partial charge in [-0.3, -0.25) is 4.68 Å². The normalized spacial score (nSPS) is 12.6. The third kappa shape index (κ3) is 3.83. The van der Waals surface area contributed by atoms with Crippen LogP contribution in [0.5, 0.6) is 0 Å². The van der Waals surface area contributed by atoms with Crippen molar-refractivity contribution in [3.05, 3.63) is 52.1 Å². The zero-order valence-electron chi connectivity index (χ0n) is 12.3. The van der Waals surface area contributed by atoms with Crippen LogP contribution in [0.1, 0.15) is 23.9 Å². The Bertz CT molecular complexity index is 612. The molecular weight excluding hydrogens is 291 g/mol. The molecule has 0 bridgehead atoms. The lowest BCUT2D eigenvalue weighted by atomic mass is 9.95. The second-order valence-corrected chi connectivity index (χ2v) is 5.63. The first-order valence-electron chi connectivity index (χ1n) is 7.12. The van der Waals surface area contributed by atoms with Crippen molar-refractivity contribution in [2.75, 3.05) is 6.61 Å². The fourth-order valence-electron chi connectivity index (χ4n) is 2.54. The molecule has 2 rings (SSSR count). The van der Waals surface area contributed by atoms with Gasteiger partial charge in [-0.1, -0.05) is 23.7 Å². The Labute approximate surface area is 129 Å². The summed E-state index contributed by atoms with van der Waals surface area (Å²) in [6.45, 7) is 4.65. The van der Waals surface area contributed by atoms with Crippen molar-refractivity contribution in [3.8, 4) is 0 Å². The van der Waals surface area contributed by atoms with E-state index in [9.17, 15) is 9.50 Å². The SMILES string of the molecule is CCn1nc(C)c(Cl)c1CC(CO)Cc1cccc(F)c1. The molecule has 0 fully saturated rings. The van der Waals surface area contributed by atoms with Gasteiger partial charge in [-0.2, -0.15) is 5.10 Å². The highest BCUT2D eigenvalue weighted by molar-refractivity contribution is 6.31. The van der Waals surface area contributed by atoms with Crippen molar-refractivity contribution in [3.63, 3.8) is 0 Å². The Hall–Kier alpha value is -1.39. The van der Waals surface area contributed by atoms with E-state index in [1.807, 2.05) is 24.6 Å². The summed E-state index contributed by atoms with van der Waals surface area (Å²) in [6.07, 6.45) is 1.24. The first-order chi connectivity index (χ1) is 10.0. The minimum Gasteiger partial charge on any atom is -0.396 e. The smallest absolute Gasteiger partial charge is 0.123 e. The monoisotopic (exact) mass is 310 g/mol. The molecule has 2 aromatic rings. The van der Waals surface area contributed by atoms with Crippen LogP contribution in [-0.2, 0) is 19.4 Å². The summed E-state index contributed by atoms with van der Waals surface area (Å²) >= 11 is 6.30. The molecule has 1 unspecified atom stereocenters. The first kappa shape index (κ1) is 16.0. The highest BCUT2D eigenvalue weighted by Crippen LogP contribution is 2.24. The van der Waals surface area contributed by atoms with Gasteiger partial charge in [-0.25, -0.2) is 4.39 Å². The van der Waals surface area contributed by atoms with E-state index in [1.54, 1.807) is 6.07 Å². The number of benzene rings is 1. The predicted octanol–water partition coefficient (Wildman–Crippen LogP) is 3.40. The Morgan fingerprint density at radius 2 is 2.14 bits per heavy atom. The van der Waals surface area contributed by atoms with Gasteiger partial charge >= 0.3 is 0 Å². The average Bonchev–Trinajstić information content (AvgIpc) is 2.74. The zero-order chi connectivity index (χ0) is 15.4. The van der Waals surface area contributed by atoms with Gasteiger partial charge in [-0.05, 0) is 50.3 Å². The molecule has 0 aliphatic rings. The van der Waals surface area contributed by atoms with Gasteiger partial charge in [0.1, 0.15) is 5.82 Å². The summed E-state index contributed by atoms with van der Waals surface area (Å²) in [7, 11) is 0. The number of aryl methyl sites for hydroxylation is 2. The minimum atomic E-state index is -0.253. The van der Waals surface area contributed by atoms with Crippen LogP contribution in [0, 0.1) is 18.7 Å². The maximum absolute atomic E-state index is 13.2. The third-order valence-electron chi connectivity index (χ3n) is 3.61. The maximum atomic E-state index is 13.2. The summed E-state index contributed by atoms with van der Waals surface area (Å²) in [6, 6.07) is 6.48. The number of aliphatic hydroxyl groups is 1. The maximum Gasteiger partial charge on any atom is 0.123 e. The van der Waals surface area contributed by atoms with Gasteiger partial charge in [0.2, 0.25) is 0 Å². The van der Waals surface area contributed by atoms with Crippen molar-refractivity contribution >= 4 is 11.6 Å². The number of halogens is 2. The van der Waals surface area contributed by atoms with Crippen molar-refractivity contribution in [1.82, 2.24) is 9.78 Å². The van der Waals surface area contributed by atoms with Crippen LogP contribution in [0.15, 0.2) is 24.3 Å². The molecule has 21 heavy (non-hydrogen) atoms. The molecular formula is C16H20ClFN2O. The van der Waals surface area contributed by atoms with E-state index in [4.69, 9.17) is 11.6 Å². The van der Waals surface area contributed by atoms with Gasteiger partial charge in [0, 0.05) is 13.2 Å². The van der Waals surface area contributed by atoms with E-state index in [-0.39, 0.29) is 18.3 Å². The topological polar surface area (TPSA) is 38.0 Å². The van der Waals surface area contributed by atoms with Crippen LogP contribution in [0.4, 0.5) is 4.39 Å². The van der Waals surface area contributed by atoms with E-state index in [0.717, 1.165) is 23.5 Å². The highest BCUT2D eigenvalue weighted by Gasteiger charge is 2.18. The zero-order valence-corrected chi connectivity index (χ0v) is 13.1. The molecule has 114 valence electrons. The second-order valence-electron chi connectivity index (χ2n) is 5.25. The summed E-state index contributed by atoms with van der Waals surface area (Å²) in [4.78, 5) is 0.